The lowest BCUT2D eigenvalue weighted by Crippen LogP contribution is -2.51. The Labute approximate surface area is 102 Å². The second kappa shape index (κ2) is 5.41. The molecule has 2 unspecified atom stereocenters. The summed E-state index contributed by atoms with van der Waals surface area (Å²) in [6.07, 6.45) is 2.03. The molecule has 4 heteroatoms. The molecule has 0 aromatic rings. The van der Waals surface area contributed by atoms with Gasteiger partial charge in [-0.1, -0.05) is 6.92 Å². The number of carbonyl (C=O) groups is 1. The van der Waals surface area contributed by atoms with Gasteiger partial charge in [-0.25, -0.2) is 0 Å². The highest BCUT2D eigenvalue weighted by molar-refractivity contribution is 8.00. The summed E-state index contributed by atoms with van der Waals surface area (Å²) in [6.45, 7) is 7.37. The molecular weight excluding hydrogens is 220 g/mol. The molecule has 1 N–H and O–H groups in total. The van der Waals surface area contributed by atoms with Crippen LogP contribution in [-0.2, 0) is 4.79 Å². The molecule has 1 amide bonds. The zero-order valence-electron chi connectivity index (χ0n) is 10.2. The highest BCUT2D eigenvalue weighted by Gasteiger charge is 2.33. The van der Waals surface area contributed by atoms with Crippen LogP contribution in [0, 0.1) is 5.92 Å². The van der Waals surface area contributed by atoms with Gasteiger partial charge in [0.25, 0.3) is 0 Å². The maximum Gasteiger partial charge on any atom is 0.226 e. The van der Waals surface area contributed by atoms with Gasteiger partial charge in [-0.05, 0) is 32.9 Å². The first-order chi connectivity index (χ1) is 7.70. The van der Waals surface area contributed by atoms with Crippen LogP contribution < -0.4 is 5.32 Å². The molecule has 0 aromatic carbocycles. The van der Waals surface area contributed by atoms with Crippen molar-refractivity contribution in [2.75, 3.05) is 25.4 Å². The second-order valence-electron chi connectivity index (χ2n) is 4.87. The molecule has 0 spiro atoms. The second-order valence-corrected chi connectivity index (χ2v) is 6.36. The molecule has 0 radical (unpaired) electrons. The molecule has 0 bridgehead atoms. The number of hydrogen-bond donors (Lipinski definition) is 1. The Kier molecular flexibility index (Phi) is 4.14. The van der Waals surface area contributed by atoms with Crippen molar-refractivity contribution in [1.29, 1.82) is 0 Å². The fraction of sp³-hybridized carbons (Fsp3) is 0.917. The van der Waals surface area contributed by atoms with Gasteiger partial charge < -0.3 is 10.2 Å². The van der Waals surface area contributed by atoms with E-state index in [0.29, 0.717) is 17.2 Å². The van der Waals surface area contributed by atoms with Gasteiger partial charge in [-0.3, -0.25) is 4.79 Å². The average molecular weight is 242 g/mol. The van der Waals surface area contributed by atoms with Crippen molar-refractivity contribution >= 4 is 17.7 Å². The maximum atomic E-state index is 12.4. The number of piperidine rings is 1. The van der Waals surface area contributed by atoms with E-state index in [1.165, 1.54) is 0 Å². The van der Waals surface area contributed by atoms with Crippen molar-refractivity contribution in [3.8, 4) is 0 Å². The molecule has 16 heavy (non-hydrogen) atoms. The molecule has 0 aromatic heterocycles. The molecule has 2 rings (SSSR count). The largest absolute Gasteiger partial charge is 0.338 e. The standard InChI is InChI=1S/C12H22N2OS/c1-9-10(2)16-8-7-14(9)12(15)11-3-5-13-6-4-11/h9-11,13H,3-8H2,1-2H3. The molecule has 3 nitrogen and oxygen atoms in total. The lowest BCUT2D eigenvalue weighted by atomic mass is 9.95. The van der Waals surface area contributed by atoms with Gasteiger partial charge in [0.2, 0.25) is 5.91 Å². The molecule has 2 atom stereocenters. The smallest absolute Gasteiger partial charge is 0.226 e. The third-order valence-electron chi connectivity index (χ3n) is 3.86. The summed E-state index contributed by atoms with van der Waals surface area (Å²) in [6, 6.07) is 0.404. The van der Waals surface area contributed by atoms with Crippen molar-refractivity contribution in [1.82, 2.24) is 10.2 Å². The quantitative estimate of drug-likeness (QED) is 0.753. The SMILES string of the molecule is CC1SCCN(C(=O)C2CCNCC2)C1C. The molecule has 2 aliphatic rings. The topological polar surface area (TPSA) is 32.3 Å². The monoisotopic (exact) mass is 242 g/mol. The van der Waals surface area contributed by atoms with Gasteiger partial charge in [0.15, 0.2) is 0 Å². The number of nitrogens with zero attached hydrogens (tertiary/aromatic N) is 1. The van der Waals surface area contributed by atoms with E-state index in [4.69, 9.17) is 0 Å². The summed E-state index contributed by atoms with van der Waals surface area (Å²) >= 11 is 1.99. The number of hydrogen-bond acceptors (Lipinski definition) is 3. The molecular formula is C12H22N2OS. The third kappa shape index (κ3) is 2.54. The van der Waals surface area contributed by atoms with Gasteiger partial charge in [0.05, 0.1) is 0 Å². The Morgan fingerprint density at radius 1 is 1.31 bits per heavy atom. The van der Waals surface area contributed by atoms with Gasteiger partial charge in [-0.2, -0.15) is 11.8 Å². The first-order valence-electron chi connectivity index (χ1n) is 6.33. The number of nitrogens with one attached hydrogen (secondary N) is 1. The summed E-state index contributed by atoms with van der Waals surface area (Å²) < 4.78 is 0. The van der Waals surface area contributed by atoms with Crippen LogP contribution in [0.1, 0.15) is 26.7 Å². The van der Waals surface area contributed by atoms with Crippen LogP contribution >= 0.6 is 11.8 Å². The molecule has 2 aliphatic heterocycles. The number of carbonyl (C=O) groups excluding carboxylic acids is 1. The molecule has 2 fully saturated rings. The summed E-state index contributed by atoms with van der Waals surface area (Å²) in [4.78, 5) is 14.5. The normalized spacial score (nSPS) is 32.8. The van der Waals surface area contributed by atoms with E-state index < -0.39 is 0 Å². The van der Waals surface area contributed by atoms with Crippen molar-refractivity contribution in [3.63, 3.8) is 0 Å². The minimum Gasteiger partial charge on any atom is -0.338 e. The van der Waals surface area contributed by atoms with Crippen molar-refractivity contribution in [3.05, 3.63) is 0 Å². The Morgan fingerprint density at radius 2 is 2.00 bits per heavy atom. The van der Waals surface area contributed by atoms with Crippen LogP contribution in [0.25, 0.3) is 0 Å². The predicted octanol–water partition coefficient (Wildman–Crippen LogP) is 1.34. The summed E-state index contributed by atoms with van der Waals surface area (Å²) in [5.74, 6) is 1.78. The Hall–Kier alpha value is -0.220. The first kappa shape index (κ1) is 12.2. The highest BCUT2D eigenvalue weighted by atomic mass is 32.2. The van der Waals surface area contributed by atoms with Crippen LogP contribution in [0.3, 0.4) is 0 Å². The van der Waals surface area contributed by atoms with Crippen LogP contribution in [0.2, 0.25) is 0 Å². The van der Waals surface area contributed by atoms with Crippen LogP contribution in [0.15, 0.2) is 0 Å². The molecule has 92 valence electrons. The maximum absolute atomic E-state index is 12.4. The van der Waals surface area contributed by atoms with E-state index in [2.05, 4.69) is 24.1 Å². The van der Waals surface area contributed by atoms with Crippen LogP contribution in [-0.4, -0.2) is 47.5 Å². The summed E-state index contributed by atoms with van der Waals surface area (Å²) in [7, 11) is 0. The number of thioether (sulfide) groups is 1. The van der Waals surface area contributed by atoms with Gasteiger partial charge in [0, 0.05) is 29.5 Å². The van der Waals surface area contributed by atoms with Crippen LogP contribution in [0.5, 0.6) is 0 Å². The summed E-state index contributed by atoms with van der Waals surface area (Å²) in [5, 5.41) is 3.90. The van der Waals surface area contributed by atoms with Gasteiger partial charge in [0.1, 0.15) is 0 Å². The van der Waals surface area contributed by atoms with Gasteiger partial charge in [-0.15, -0.1) is 0 Å². The predicted molar refractivity (Wildman–Crippen MR) is 68.7 cm³/mol. The van der Waals surface area contributed by atoms with E-state index in [-0.39, 0.29) is 5.92 Å². The van der Waals surface area contributed by atoms with Crippen molar-refractivity contribution in [2.45, 2.75) is 38.0 Å². The van der Waals surface area contributed by atoms with E-state index in [1.807, 2.05) is 11.8 Å². The van der Waals surface area contributed by atoms with E-state index in [0.717, 1.165) is 38.2 Å². The lowest BCUT2D eigenvalue weighted by Gasteiger charge is -2.40. The van der Waals surface area contributed by atoms with Crippen molar-refractivity contribution < 1.29 is 4.79 Å². The third-order valence-corrected chi connectivity index (χ3v) is 5.19. The fourth-order valence-electron chi connectivity index (χ4n) is 2.55. The van der Waals surface area contributed by atoms with Gasteiger partial charge >= 0.3 is 0 Å². The van der Waals surface area contributed by atoms with E-state index >= 15 is 0 Å². The number of rotatable bonds is 1. The van der Waals surface area contributed by atoms with E-state index in [1.54, 1.807) is 0 Å². The Bertz CT molecular complexity index is 253. The Balaban J connectivity index is 1.96. The van der Waals surface area contributed by atoms with E-state index in [9.17, 15) is 4.79 Å². The lowest BCUT2D eigenvalue weighted by molar-refractivity contribution is -0.138. The van der Waals surface area contributed by atoms with Crippen molar-refractivity contribution in [2.24, 2.45) is 5.92 Å². The zero-order valence-corrected chi connectivity index (χ0v) is 11.1. The minimum atomic E-state index is 0.277. The molecule has 2 saturated heterocycles. The summed E-state index contributed by atoms with van der Waals surface area (Å²) in [5.41, 5.74) is 0. The first-order valence-corrected chi connectivity index (χ1v) is 7.38. The average Bonchev–Trinajstić information content (AvgIpc) is 2.33. The molecule has 0 saturated carbocycles. The Morgan fingerprint density at radius 3 is 2.69 bits per heavy atom. The molecule has 2 heterocycles. The zero-order chi connectivity index (χ0) is 11.5. The molecule has 0 aliphatic carbocycles. The van der Waals surface area contributed by atoms with Crippen LogP contribution in [0.4, 0.5) is 0 Å². The number of amides is 1. The minimum absolute atomic E-state index is 0.277. The fourth-order valence-corrected chi connectivity index (χ4v) is 3.65. The highest BCUT2D eigenvalue weighted by Crippen LogP contribution is 2.27.